The van der Waals surface area contributed by atoms with E-state index in [1.54, 1.807) is 0 Å². The molecule has 8 heteroatoms. The second-order valence-electron chi connectivity index (χ2n) is 0.289. The quantitative estimate of drug-likeness (QED) is 0.297. The molecule has 0 spiro atoms. The van der Waals surface area contributed by atoms with Crippen LogP contribution >= 0.6 is 0 Å². The molecule has 0 amide bonds. The molecule has 0 unspecified atom stereocenters. The smallest absolute Gasteiger partial charge is 0.554 e. The maximum atomic E-state index is 8.25. The van der Waals surface area contributed by atoms with Crippen LogP contribution in [0.3, 0.4) is 0 Å². The fourth-order valence-electron chi connectivity index (χ4n) is 0. The Morgan fingerprint density at radius 3 is 0.727 bits per heavy atom. The molecule has 0 heterocycles. The molecule has 0 N–H and O–H groups in total. The molecule has 0 aliphatic heterocycles. The van der Waals surface area contributed by atoms with Crippen molar-refractivity contribution in [2.24, 2.45) is 0 Å². The molecule has 0 radical (unpaired) electrons. The Balaban J connectivity index is -0.0000000150. The van der Waals surface area contributed by atoms with Crippen molar-refractivity contribution in [2.45, 2.75) is 0 Å². The normalized spacial score (nSPS) is 3.27. The molecule has 0 saturated heterocycles. The minimum absolute atomic E-state index is 0. The van der Waals surface area contributed by atoms with Gasteiger partial charge in [-0.1, -0.05) is 0 Å². The predicted octanol–water partition coefficient (Wildman–Crippen LogP) is -7.90. The zero-order valence-corrected chi connectivity index (χ0v) is 10.9. The Hall–Kier alpha value is 0.0334. The van der Waals surface area contributed by atoms with Crippen molar-refractivity contribution < 1.29 is 78.7 Å². The van der Waals surface area contributed by atoms with Crippen LogP contribution < -0.4 is 44.9 Å². The Morgan fingerprint density at radius 1 is 0.727 bits per heavy atom. The van der Waals surface area contributed by atoms with E-state index in [4.69, 9.17) is 29.7 Å². The monoisotopic (exact) mass is 222 g/mol. The fourth-order valence-corrected chi connectivity index (χ4v) is 0. The van der Waals surface area contributed by atoms with Gasteiger partial charge in [-0.3, -0.25) is 0 Å². The van der Waals surface area contributed by atoms with Gasteiger partial charge in [0.15, 0.2) is 0 Å². The van der Waals surface area contributed by atoms with E-state index in [1.165, 1.54) is 0 Å². The summed E-state index contributed by atoms with van der Waals surface area (Å²) in [5.41, 5.74) is 0. The van der Waals surface area contributed by atoms with Gasteiger partial charge in [-0.25, -0.2) is 0 Å². The van der Waals surface area contributed by atoms with Crippen molar-refractivity contribution in [3.8, 4) is 0 Å². The van der Waals surface area contributed by atoms with Crippen LogP contribution in [0.25, 0.3) is 0 Å². The fraction of sp³-hybridized carbons (Fsp3) is 0. The summed E-state index contributed by atoms with van der Waals surface area (Å²) in [6.45, 7) is -1.50. The molecule has 0 aliphatic carbocycles. The average molecular weight is 223 g/mol. The molecular weight excluding hydrogens is 220 g/mol. The van der Waals surface area contributed by atoms with Crippen LogP contribution in [0.15, 0.2) is 0 Å². The van der Waals surface area contributed by atoms with Crippen LogP contribution in [0.2, 0.25) is 0 Å². The van der Waals surface area contributed by atoms with Crippen molar-refractivity contribution in [3.63, 3.8) is 0 Å². The first-order valence-electron chi connectivity index (χ1n) is 1.41. The van der Waals surface area contributed by atoms with E-state index >= 15 is 0 Å². The summed E-state index contributed by atoms with van der Waals surface area (Å²) >= 11 is 0. The minimum atomic E-state index is -0.500. The van der Waals surface area contributed by atoms with Gasteiger partial charge in [0, 0.05) is 19.4 Å². The largest absolute Gasteiger partial charge is 2.00 e. The van der Waals surface area contributed by atoms with Gasteiger partial charge in [-0.2, -0.15) is 0 Å². The standard InChI is InChI=1S/3CH2O2.Na.Zn/c3*2-1-3;;/h3*1H,(H,2,3);;/q;;;+1;+2/p-3. The third-order valence-corrected chi connectivity index (χ3v) is 0. The van der Waals surface area contributed by atoms with E-state index in [0.29, 0.717) is 0 Å². The number of carboxylic acid groups (broad SMARTS) is 3. The SMILES string of the molecule is O=C[O-].O=C[O-].O=C[O-].[Na+].[Zn+2]. The van der Waals surface area contributed by atoms with Crippen LogP contribution in [0.4, 0.5) is 0 Å². The van der Waals surface area contributed by atoms with Crippen molar-refractivity contribution in [1.29, 1.82) is 0 Å². The van der Waals surface area contributed by atoms with E-state index in [2.05, 4.69) is 0 Å². The van der Waals surface area contributed by atoms with Crippen molar-refractivity contribution in [3.05, 3.63) is 0 Å². The third kappa shape index (κ3) is 581000. The van der Waals surface area contributed by atoms with E-state index in [0.717, 1.165) is 0 Å². The summed E-state index contributed by atoms with van der Waals surface area (Å²) < 4.78 is 0. The van der Waals surface area contributed by atoms with Crippen LogP contribution in [0, 0.1) is 0 Å². The first-order chi connectivity index (χ1) is 4.24. The molecule has 0 aromatic rings. The van der Waals surface area contributed by atoms with Gasteiger partial charge in [0.2, 0.25) is 0 Å². The molecular formula is C3H3NaO6Zn. The molecule has 0 saturated carbocycles. The van der Waals surface area contributed by atoms with Gasteiger partial charge in [0.25, 0.3) is 0 Å². The van der Waals surface area contributed by atoms with Gasteiger partial charge < -0.3 is 29.7 Å². The number of hydrogen-bond donors (Lipinski definition) is 0. The van der Waals surface area contributed by atoms with E-state index in [-0.39, 0.29) is 49.0 Å². The summed E-state index contributed by atoms with van der Waals surface area (Å²) in [6, 6.07) is 0. The summed E-state index contributed by atoms with van der Waals surface area (Å²) in [6.07, 6.45) is 0. The van der Waals surface area contributed by atoms with E-state index < -0.39 is 19.4 Å². The molecule has 6 nitrogen and oxygen atoms in total. The molecule has 54 valence electrons. The minimum Gasteiger partial charge on any atom is -0.554 e. The second kappa shape index (κ2) is 89.0. The summed E-state index contributed by atoms with van der Waals surface area (Å²) in [5, 5.41) is 24.8. The van der Waals surface area contributed by atoms with Crippen molar-refractivity contribution >= 4 is 19.4 Å². The van der Waals surface area contributed by atoms with Gasteiger partial charge in [-0.05, 0) is 0 Å². The Labute approximate surface area is 97.6 Å². The van der Waals surface area contributed by atoms with Crippen LogP contribution in [-0.2, 0) is 33.9 Å². The molecule has 0 atom stereocenters. The molecule has 0 rings (SSSR count). The summed E-state index contributed by atoms with van der Waals surface area (Å²) in [7, 11) is 0. The van der Waals surface area contributed by atoms with Gasteiger partial charge >= 0.3 is 49.0 Å². The summed E-state index contributed by atoms with van der Waals surface area (Å²) in [4.78, 5) is 24.8. The second-order valence-corrected chi connectivity index (χ2v) is 0.289. The van der Waals surface area contributed by atoms with Gasteiger partial charge in [0.1, 0.15) is 0 Å². The molecule has 0 aromatic carbocycles. The number of carbonyl (C=O) groups is 3. The van der Waals surface area contributed by atoms with Crippen molar-refractivity contribution in [1.82, 2.24) is 0 Å². The Kier molecular flexibility index (Phi) is 247. The Morgan fingerprint density at radius 2 is 0.727 bits per heavy atom. The maximum Gasteiger partial charge on any atom is 2.00 e. The molecule has 0 aromatic heterocycles. The van der Waals surface area contributed by atoms with Crippen LogP contribution in [0.5, 0.6) is 0 Å². The number of rotatable bonds is 0. The molecule has 11 heavy (non-hydrogen) atoms. The molecule has 0 aliphatic rings. The molecule has 0 fully saturated rings. The Bertz CT molecular complexity index is 54.6. The van der Waals surface area contributed by atoms with E-state index in [1.807, 2.05) is 0 Å². The van der Waals surface area contributed by atoms with Crippen LogP contribution in [0.1, 0.15) is 0 Å². The topological polar surface area (TPSA) is 120 Å². The zero-order chi connectivity index (χ0) is 8.12. The molecule has 0 bridgehead atoms. The third-order valence-electron chi connectivity index (χ3n) is 0. The van der Waals surface area contributed by atoms with E-state index in [9.17, 15) is 0 Å². The number of carbonyl (C=O) groups excluding carboxylic acids is 3. The number of hydrogen-bond acceptors (Lipinski definition) is 6. The van der Waals surface area contributed by atoms with Gasteiger partial charge in [-0.15, -0.1) is 0 Å². The zero-order valence-electron chi connectivity index (χ0n) is 5.89. The predicted molar refractivity (Wildman–Crippen MR) is 18.2 cm³/mol. The first-order valence-corrected chi connectivity index (χ1v) is 1.41. The average Bonchev–Trinajstić information content (AvgIpc) is 1.70. The summed E-state index contributed by atoms with van der Waals surface area (Å²) in [5.74, 6) is 0. The van der Waals surface area contributed by atoms with Crippen LogP contribution in [-0.4, -0.2) is 19.4 Å². The van der Waals surface area contributed by atoms with Gasteiger partial charge in [0.05, 0.1) is 0 Å². The first kappa shape index (κ1) is 30.5. The van der Waals surface area contributed by atoms with Crippen molar-refractivity contribution in [2.75, 3.05) is 0 Å². The maximum absolute atomic E-state index is 8.25.